The molecule has 6 nitrogen and oxygen atoms in total. The first kappa shape index (κ1) is 17.7. The quantitative estimate of drug-likeness (QED) is 0.791. The van der Waals surface area contributed by atoms with Crippen LogP contribution in [0.15, 0.2) is 0 Å². The fraction of sp³-hybridized carbons (Fsp3) is 0.917. The van der Waals surface area contributed by atoms with Gasteiger partial charge in [-0.2, -0.15) is 11.8 Å². The molecule has 1 saturated heterocycles. The summed E-state index contributed by atoms with van der Waals surface area (Å²) in [7, 11) is 1.70. The predicted octanol–water partition coefficient (Wildman–Crippen LogP) is 1.49. The molecule has 1 aliphatic heterocycles. The van der Waals surface area contributed by atoms with E-state index in [0.29, 0.717) is 25.1 Å². The minimum absolute atomic E-state index is 0. The molecule has 0 amide bonds. The molecule has 0 aliphatic carbocycles. The summed E-state index contributed by atoms with van der Waals surface area (Å²) in [6.45, 7) is 8.06. The van der Waals surface area contributed by atoms with Crippen LogP contribution in [0.3, 0.4) is 0 Å². The van der Waals surface area contributed by atoms with E-state index in [2.05, 4.69) is 34.3 Å². The predicted molar refractivity (Wildman–Crippen MR) is 83.4 cm³/mol. The van der Waals surface area contributed by atoms with Crippen LogP contribution in [0.5, 0.6) is 0 Å². The smallest absolute Gasteiger partial charge is 0.168 e. The van der Waals surface area contributed by atoms with Gasteiger partial charge >= 0.3 is 0 Å². The summed E-state index contributed by atoms with van der Waals surface area (Å²) >= 11 is 2.02. The van der Waals surface area contributed by atoms with Crippen LogP contribution >= 0.6 is 24.2 Å². The minimum Gasteiger partial charge on any atom is -0.383 e. The summed E-state index contributed by atoms with van der Waals surface area (Å²) in [5.74, 6) is 3.86. The first-order valence-corrected chi connectivity index (χ1v) is 7.96. The molecule has 1 aromatic rings. The molecule has 2 rings (SSSR count). The molecule has 0 spiro atoms. The Morgan fingerprint density at radius 2 is 2.00 bits per heavy atom. The first-order valence-electron chi connectivity index (χ1n) is 6.81. The molecule has 0 saturated carbocycles. The molecular formula is C12H24ClN5OS. The van der Waals surface area contributed by atoms with E-state index in [1.54, 1.807) is 7.11 Å². The fourth-order valence-corrected chi connectivity index (χ4v) is 3.43. The van der Waals surface area contributed by atoms with Crippen molar-refractivity contribution in [3.63, 3.8) is 0 Å². The van der Waals surface area contributed by atoms with Gasteiger partial charge in [-0.15, -0.1) is 17.5 Å². The van der Waals surface area contributed by atoms with E-state index in [0.717, 1.165) is 18.9 Å². The molecule has 1 aromatic heterocycles. The van der Waals surface area contributed by atoms with E-state index in [-0.39, 0.29) is 12.4 Å². The number of nitrogens with zero attached hydrogens (tertiary/aromatic N) is 5. The third-order valence-corrected chi connectivity index (χ3v) is 4.34. The second kappa shape index (κ2) is 8.81. The largest absolute Gasteiger partial charge is 0.383 e. The van der Waals surface area contributed by atoms with Crippen molar-refractivity contribution >= 4 is 24.2 Å². The van der Waals surface area contributed by atoms with E-state index in [1.807, 2.05) is 16.4 Å². The molecule has 2 heterocycles. The van der Waals surface area contributed by atoms with Gasteiger partial charge in [0.15, 0.2) is 5.82 Å². The molecule has 116 valence electrons. The Morgan fingerprint density at radius 1 is 1.30 bits per heavy atom. The van der Waals surface area contributed by atoms with Crippen LogP contribution in [0, 0.1) is 5.92 Å². The second-order valence-corrected chi connectivity index (χ2v) is 6.31. The topological polar surface area (TPSA) is 56.1 Å². The van der Waals surface area contributed by atoms with Crippen LogP contribution in [-0.4, -0.2) is 63.4 Å². The Hall–Kier alpha value is -0.370. The number of methoxy groups -OCH3 is 1. The van der Waals surface area contributed by atoms with Crippen LogP contribution in [0.4, 0.5) is 0 Å². The van der Waals surface area contributed by atoms with E-state index >= 15 is 0 Å². The molecular weight excluding hydrogens is 298 g/mol. The van der Waals surface area contributed by atoms with E-state index in [9.17, 15) is 0 Å². The molecule has 0 radical (unpaired) electrons. The van der Waals surface area contributed by atoms with Gasteiger partial charge in [0.05, 0.1) is 19.2 Å². The average molecular weight is 322 g/mol. The zero-order valence-corrected chi connectivity index (χ0v) is 14.0. The van der Waals surface area contributed by atoms with E-state index in [1.165, 1.54) is 11.5 Å². The number of rotatable bonds is 6. The lowest BCUT2D eigenvalue weighted by Crippen LogP contribution is -2.39. The maximum absolute atomic E-state index is 5.12. The minimum atomic E-state index is 0. The Balaban J connectivity index is 0.00000200. The summed E-state index contributed by atoms with van der Waals surface area (Å²) in [6, 6.07) is 0.299. The Labute approximate surface area is 131 Å². The molecule has 1 atom stereocenters. The highest BCUT2D eigenvalue weighted by molar-refractivity contribution is 7.99. The van der Waals surface area contributed by atoms with Crippen molar-refractivity contribution in [1.29, 1.82) is 0 Å². The van der Waals surface area contributed by atoms with Crippen LogP contribution in [0.25, 0.3) is 0 Å². The van der Waals surface area contributed by atoms with Crippen molar-refractivity contribution in [3.05, 3.63) is 5.82 Å². The highest BCUT2D eigenvalue weighted by atomic mass is 35.5. The molecule has 0 N–H and O–H groups in total. The average Bonchev–Trinajstić information content (AvgIpc) is 2.85. The van der Waals surface area contributed by atoms with Gasteiger partial charge in [0.1, 0.15) is 0 Å². The first-order chi connectivity index (χ1) is 9.24. The van der Waals surface area contributed by atoms with Gasteiger partial charge in [-0.05, 0) is 16.3 Å². The molecule has 0 bridgehead atoms. The van der Waals surface area contributed by atoms with Gasteiger partial charge in [-0.25, -0.2) is 4.68 Å². The number of thioether (sulfide) groups is 1. The SMILES string of the molecule is COCCn1nnnc1C(C(C)C)N1CCSCC1.Cl. The Bertz CT molecular complexity index is 384. The Morgan fingerprint density at radius 3 is 2.60 bits per heavy atom. The van der Waals surface area contributed by atoms with Crippen molar-refractivity contribution in [2.45, 2.75) is 26.4 Å². The van der Waals surface area contributed by atoms with Gasteiger partial charge in [-0.3, -0.25) is 4.90 Å². The van der Waals surface area contributed by atoms with E-state index in [4.69, 9.17) is 4.74 Å². The maximum atomic E-state index is 5.12. The summed E-state index contributed by atoms with van der Waals surface area (Å²) < 4.78 is 7.01. The number of hydrogen-bond acceptors (Lipinski definition) is 6. The summed E-state index contributed by atoms with van der Waals surface area (Å²) in [4.78, 5) is 2.51. The molecule has 20 heavy (non-hydrogen) atoms. The van der Waals surface area contributed by atoms with Gasteiger partial charge in [-0.1, -0.05) is 13.8 Å². The van der Waals surface area contributed by atoms with Crippen molar-refractivity contribution < 1.29 is 4.74 Å². The zero-order valence-electron chi connectivity index (χ0n) is 12.4. The third kappa shape index (κ3) is 4.31. The number of halogens is 1. The third-order valence-electron chi connectivity index (χ3n) is 3.40. The lowest BCUT2D eigenvalue weighted by Gasteiger charge is -2.35. The molecule has 1 unspecified atom stereocenters. The standard InChI is InChI=1S/C12H23N5OS.ClH/c1-10(2)11(16-5-8-19-9-6-16)12-13-14-15-17(12)4-7-18-3;/h10-11H,4-9H2,1-3H3;1H. The number of ether oxygens (including phenoxy) is 1. The highest BCUT2D eigenvalue weighted by Gasteiger charge is 2.29. The monoisotopic (exact) mass is 321 g/mol. The normalized spacial score (nSPS) is 18.0. The molecule has 1 fully saturated rings. The summed E-state index contributed by atoms with van der Waals surface area (Å²) in [5.41, 5.74) is 0. The lowest BCUT2D eigenvalue weighted by atomic mass is 10.0. The second-order valence-electron chi connectivity index (χ2n) is 5.09. The lowest BCUT2D eigenvalue weighted by molar-refractivity contribution is 0.148. The van der Waals surface area contributed by atoms with Crippen LogP contribution in [0.2, 0.25) is 0 Å². The number of aromatic nitrogens is 4. The number of hydrogen-bond donors (Lipinski definition) is 0. The van der Waals surface area contributed by atoms with Gasteiger partial charge in [0.2, 0.25) is 0 Å². The summed E-state index contributed by atoms with van der Waals surface area (Å²) in [5, 5.41) is 12.2. The molecule has 1 aliphatic rings. The van der Waals surface area contributed by atoms with Crippen LogP contribution < -0.4 is 0 Å². The van der Waals surface area contributed by atoms with Crippen molar-refractivity contribution in [1.82, 2.24) is 25.1 Å². The zero-order chi connectivity index (χ0) is 13.7. The maximum Gasteiger partial charge on any atom is 0.168 e. The molecule has 0 aromatic carbocycles. The number of tetrazole rings is 1. The van der Waals surface area contributed by atoms with Gasteiger partial charge < -0.3 is 4.74 Å². The summed E-state index contributed by atoms with van der Waals surface area (Å²) in [6.07, 6.45) is 0. The molecule has 8 heteroatoms. The van der Waals surface area contributed by atoms with Crippen molar-refractivity contribution in [2.75, 3.05) is 38.3 Å². The van der Waals surface area contributed by atoms with Crippen molar-refractivity contribution in [2.24, 2.45) is 5.92 Å². The fourth-order valence-electron chi connectivity index (χ4n) is 2.50. The van der Waals surface area contributed by atoms with Crippen molar-refractivity contribution in [3.8, 4) is 0 Å². The van der Waals surface area contributed by atoms with Crippen LogP contribution in [0.1, 0.15) is 25.7 Å². The van der Waals surface area contributed by atoms with E-state index < -0.39 is 0 Å². The highest BCUT2D eigenvalue weighted by Crippen LogP contribution is 2.28. The van der Waals surface area contributed by atoms with Crippen LogP contribution in [-0.2, 0) is 11.3 Å². The Kier molecular flexibility index (Phi) is 7.79. The van der Waals surface area contributed by atoms with Gasteiger partial charge in [0.25, 0.3) is 0 Å². The van der Waals surface area contributed by atoms with Gasteiger partial charge in [0, 0.05) is 31.7 Å².